The average molecular weight is 363 g/mol. The molecule has 0 radical (unpaired) electrons. The van der Waals surface area contributed by atoms with Crippen LogP contribution >= 0.6 is 0 Å². The first-order valence-corrected chi connectivity index (χ1v) is 9.09. The lowest BCUT2D eigenvalue weighted by Gasteiger charge is -2.59. The van der Waals surface area contributed by atoms with Gasteiger partial charge in [0.1, 0.15) is 6.10 Å². The summed E-state index contributed by atoms with van der Waals surface area (Å²) in [6.45, 7) is 0.750. The van der Waals surface area contributed by atoms with Crippen molar-refractivity contribution in [1.82, 2.24) is 5.32 Å². The molecule has 7 nitrogen and oxygen atoms in total. The molecular formula is C19H25NO6. The molecule has 6 unspecified atom stereocenters. The summed E-state index contributed by atoms with van der Waals surface area (Å²) < 4.78 is 23.6. The van der Waals surface area contributed by atoms with Crippen LogP contribution in [0.2, 0.25) is 0 Å². The van der Waals surface area contributed by atoms with Crippen molar-refractivity contribution in [3.05, 3.63) is 23.3 Å². The second-order valence-electron chi connectivity index (χ2n) is 7.85. The Morgan fingerprint density at radius 1 is 1.23 bits per heavy atom. The second kappa shape index (κ2) is 5.11. The van der Waals surface area contributed by atoms with Gasteiger partial charge >= 0.3 is 0 Å². The molecule has 1 spiro atoms. The van der Waals surface area contributed by atoms with Crippen LogP contribution in [0.15, 0.2) is 12.1 Å². The van der Waals surface area contributed by atoms with Crippen molar-refractivity contribution in [3.8, 4) is 11.5 Å². The first-order valence-electron chi connectivity index (χ1n) is 9.09. The highest BCUT2D eigenvalue weighted by Crippen LogP contribution is 2.70. The van der Waals surface area contributed by atoms with Crippen LogP contribution < -0.4 is 10.1 Å². The molecule has 3 N–H and O–H groups in total. The van der Waals surface area contributed by atoms with Crippen LogP contribution in [0.4, 0.5) is 0 Å². The minimum Gasteiger partial charge on any atom is -0.504 e. The largest absolute Gasteiger partial charge is 0.504 e. The number of aliphatic hydroxyl groups excluding tert-OH is 1. The van der Waals surface area contributed by atoms with E-state index in [2.05, 4.69) is 5.32 Å². The van der Waals surface area contributed by atoms with E-state index in [1.165, 1.54) is 0 Å². The lowest BCUT2D eigenvalue weighted by Crippen LogP contribution is -2.77. The third kappa shape index (κ3) is 1.51. The maximum absolute atomic E-state index is 11.1. The van der Waals surface area contributed by atoms with Gasteiger partial charge < -0.3 is 34.5 Å². The molecule has 142 valence electrons. The van der Waals surface area contributed by atoms with Crippen LogP contribution in [-0.2, 0) is 19.6 Å². The van der Waals surface area contributed by atoms with Gasteiger partial charge in [-0.25, -0.2) is 0 Å². The quantitative estimate of drug-likeness (QED) is 0.737. The van der Waals surface area contributed by atoms with Crippen molar-refractivity contribution in [3.63, 3.8) is 0 Å². The molecule has 6 atom stereocenters. The monoisotopic (exact) mass is 363 g/mol. The van der Waals surface area contributed by atoms with Gasteiger partial charge in [-0.05, 0) is 31.0 Å². The van der Waals surface area contributed by atoms with Crippen molar-refractivity contribution in [2.75, 3.05) is 27.9 Å². The number of ether oxygens (including phenoxy) is 4. The first kappa shape index (κ1) is 16.8. The summed E-state index contributed by atoms with van der Waals surface area (Å²) in [7, 11) is 4.73. The number of hydrogen-bond donors (Lipinski definition) is 3. The fourth-order valence-corrected chi connectivity index (χ4v) is 6.46. The highest BCUT2D eigenvalue weighted by molar-refractivity contribution is 5.61. The Kier molecular flexibility index (Phi) is 3.30. The molecule has 5 rings (SSSR count). The van der Waals surface area contributed by atoms with Crippen LogP contribution in [0, 0.1) is 0 Å². The maximum atomic E-state index is 11.1. The third-order valence-electron chi connectivity index (χ3n) is 7.26. The van der Waals surface area contributed by atoms with Crippen molar-refractivity contribution < 1.29 is 29.2 Å². The van der Waals surface area contributed by atoms with E-state index in [1.54, 1.807) is 27.4 Å². The molecule has 4 aliphatic rings. The summed E-state index contributed by atoms with van der Waals surface area (Å²) in [4.78, 5) is 0. The predicted octanol–water partition coefficient (Wildman–Crippen LogP) is 0.968. The number of fused-ring (bicyclic) bond motifs is 3. The molecule has 7 heteroatoms. The predicted molar refractivity (Wildman–Crippen MR) is 91.3 cm³/mol. The Morgan fingerprint density at radius 3 is 2.73 bits per heavy atom. The molecule has 26 heavy (non-hydrogen) atoms. The summed E-state index contributed by atoms with van der Waals surface area (Å²) in [5.74, 6) is -0.548. The van der Waals surface area contributed by atoms with Gasteiger partial charge in [0.15, 0.2) is 11.5 Å². The fraction of sp³-hybridized carbons (Fsp3) is 0.684. The third-order valence-corrected chi connectivity index (χ3v) is 7.26. The molecule has 2 saturated heterocycles. The average Bonchev–Trinajstić information content (AvgIpc) is 3.16. The first-order chi connectivity index (χ1) is 12.5. The van der Waals surface area contributed by atoms with E-state index < -0.39 is 28.9 Å². The zero-order chi connectivity index (χ0) is 18.3. The number of phenolic OH excluding ortho intramolecular Hbond substituents is 1. The smallest absolute Gasteiger partial charge is 0.217 e. The van der Waals surface area contributed by atoms with Gasteiger partial charge in [-0.15, -0.1) is 0 Å². The number of benzene rings is 1. The molecule has 1 saturated carbocycles. The van der Waals surface area contributed by atoms with Gasteiger partial charge in [0, 0.05) is 31.6 Å². The fourth-order valence-electron chi connectivity index (χ4n) is 6.46. The van der Waals surface area contributed by atoms with E-state index in [9.17, 15) is 10.2 Å². The number of methoxy groups -OCH3 is 3. The Balaban J connectivity index is 1.84. The zero-order valence-corrected chi connectivity index (χ0v) is 15.2. The Bertz CT molecular complexity index is 771. The molecule has 2 bridgehead atoms. The second-order valence-corrected chi connectivity index (χ2v) is 7.85. The summed E-state index contributed by atoms with van der Waals surface area (Å²) in [5, 5.41) is 25.7. The van der Waals surface area contributed by atoms with Crippen molar-refractivity contribution in [1.29, 1.82) is 0 Å². The van der Waals surface area contributed by atoms with E-state index in [0.717, 1.165) is 24.1 Å². The Morgan fingerprint density at radius 2 is 2.04 bits per heavy atom. The Labute approximate surface area is 152 Å². The molecule has 2 aliphatic carbocycles. The topological polar surface area (TPSA) is 89.4 Å². The standard InChI is InChI=1S/C19H25NO6/c1-23-12-5-4-10-13-9-18-17(6-7-20-18,14(10)15(12)22)8-11(21)16(24-2)19(18,25-3)26-13/h4-5,11,13,16,20-22H,6-9H2,1-3H3. The molecule has 1 aromatic rings. The molecule has 1 aromatic carbocycles. The van der Waals surface area contributed by atoms with Gasteiger partial charge in [0.05, 0.1) is 24.9 Å². The van der Waals surface area contributed by atoms with Crippen molar-refractivity contribution >= 4 is 0 Å². The van der Waals surface area contributed by atoms with Crippen LogP contribution in [-0.4, -0.2) is 61.6 Å². The van der Waals surface area contributed by atoms with Gasteiger partial charge in [-0.1, -0.05) is 6.07 Å². The summed E-state index contributed by atoms with van der Waals surface area (Å²) in [6, 6.07) is 3.74. The van der Waals surface area contributed by atoms with Gasteiger partial charge in [-0.3, -0.25) is 0 Å². The van der Waals surface area contributed by atoms with Crippen LogP contribution in [0.3, 0.4) is 0 Å². The summed E-state index contributed by atoms with van der Waals surface area (Å²) in [5.41, 5.74) is 0.685. The Hall–Kier alpha value is -1.38. The van der Waals surface area contributed by atoms with Crippen molar-refractivity contribution in [2.24, 2.45) is 0 Å². The lowest BCUT2D eigenvalue weighted by molar-refractivity contribution is -0.327. The van der Waals surface area contributed by atoms with E-state index in [0.29, 0.717) is 18.6 Å². The minimum atomic E-state index is -1.13. The van der Waals surface area contributed by atoms with Gasteiger partial charge in [0.2, 0.25) is 5.79 Å². The molecule has 2 aliphatic heterocycles. The molecular weight excluding hydrogens is 338 g/mol. The van der Waals surface area contributed by atoms with Gasteiger partial charge in [-0.2, -0.15) is 0 Å². The zero-order valence-electron chi connectivity index (χ0n) is 15.2. The maximum Gasteiger partial charge on any atom is 0.217 e. The highest BCUT2D eigenvalue weighted by atomic mass is 16.7. The van der Waals surface area contributed by atoms with E-state index >= 15 is 0 Å². The van der Waals surface area contributed by atoms with Gasteiger partial charge in [0.25, 0.3) is 0 Å². The SMILES string of the molecule is COc1ccc2c(c1O)C13CCNC14CC2OC4(OC)C(OC)C(O)C3. The van der Waals surface area contributed by atoms with E-state index in [4.69, 9.17) is 18.9 Å². The lowest BCUT2D eigenvalue weighted by atomic mass is 9.51. The van der Waals surface area contributed by atoms with Crippen LogP contribution in [0.1, 0.15) is 36.5 Å². The number of aromatic hydroxyl groups is 1. The molecule has 0 amide bonds. The summed E-state index contributed by atoms with van der Waals surface area (Å²) >= 11 is 0. The number of hydrogen-bond acceptors (Lipinski definition) is 7. The van der Waals surface area contributed by atoms with E-state index in [1.807, 2.05) is 6.07 Å². The summed E-state index contributed by atoms with van der Waals surface area (Å²) in [6.07, 6.45) is 0.316. The normalized spacial score (nSPS) is 45.3. The molecule has 2 heterocycles. The van der Waals surface area contributed by atoms with Crippen molar-refractivity contribution in [2.45, 2.75) is 54.3 Å². The number of aliphatic hydroxyl groups is 1. The molecule has 3 fully saturated rings. The van der Waals surface area contributed by atoms with E-state index in [-0.39, 0.29) is 11.9 Å². The number of rotatable bonds is 3. The van der Waals surface area contributed by atoms with Crippen LogP contribution in [0.5, 0.6) is 11.5 Å². The van der Waals surface area contributed by atoms with Crippen LogP contribution in [0.25, 0.3) is 0 Å². The minimum absolute atomic E-state index is 0.140. The molecule has 0 aromatic heterocycles. The highest BCUT2D eigenvalue weighted by Gasteiger charge is 2.81. The number of nitrogens with one attached hydrogen (secondary N) is 1. The number of phenols is 1.